The van der Waals surface area contributed by atoms with E-state index in [4.69, 9.17) is 5.14 Å². The van der Waals surface area contributed by atoms with Crippen molar-refractivity contribution in [2.24, 2.45) is 5.14 Å². The molecule has 0 radical (unpaired) electrons. The van der Waals surface area contributed by atoms with Gasteiger partial charge in [0.2, 0.25) is 10.0 Å². The zero-order valence-corrected chi connectivity index (χ0v) is 11.1. The fourth-order valence-corrected chi connectivity index (χ4v) is 3.11. The van der Waals surface area contributed by atoms with Gasteiger partial charge in [0.25, 0.3) is 0 Å². The summed E-state index contributed by atoms with van der Waals surface area (Å²) in [6, 6.07) is 4.01. The number of hydrogen-bond acceptors (Lipinski definition) is 3. The largest absolute Gasteiger partial charge is 0.312 e. The molecule has 1 aliphatic rings. The minimum absolute atomic E-state index is 0.0608. The molecule has 1 saturated heterocycles. The number of hydrogen-bond donors (Lipinski definition) is 2. The average molecular weight is 290 g/mol. The van der Waals surface area contributed by atoms with E-state index in [1.165, 1.54) is 12.1 Å². The first-order valence-electron chi connectivity index (χ1n) is 6.06. The molecule has 1 aromatic carbocycles. The molecule has 2 atom stereocenters. The van der Waals surface area contributed by atoms with E-state index in [0.717, 1.165) is 6.07 Å². The molecule has 106 valence electrons. The molecule has 19 heavy (non-hydrogen) atoms. The van der Waals surface area contributed by atoms with E-state index >= 15 is 0 Å². The minimum Gasteiger partial charge on any atom is -0.312 e. The molecule has 0 aromatic heterocycles. The monoisotopic (exact) mass is 290 g/mol. The number of sulfonamides is 1. The highest BCUT2D eigenvalue weighted by Crippen LogP contribution is 2.19. The van der Waals surface area contributed by atoms with Crippen LogP contribution in [0, 0.1) is 11.6 Å². The predicted octanol–water partition coefficient (Wildman–Crippen LogP) is 0.916. The van der Waals surface area contributed by atoms with Gasteiger partial charge in [0.05, 0.1) is 5.25 Å². The molecule has 0 saturated carbocycles. The quantitative estimate of drug-likeness (QED) is 0.869. The highest BCUT2D eigenvalue weighted by Gasteiger charge is 2.28. The van der Waals surface area contributed by atoms with Crippen molar-refractivity contribution in [1.82, 2.24) is 5.32 Å². The maximum absolute atomic E-state index is 13.5. The maximum atomic E-state index is 13.5. The molecular formula is C12H16F2N2O2S. The van der Waals surface area contributed by atoms with Crippen molar-refractivity contribution in [1.29, 1.82) is 0 Å². The Morgan fingerprint density at radius 1 is 1.32 bits per heavy atom. The molecule has 2 unspecified atom stereocenters. The van der Waals surface area contributed by atoms with Gasteiger partial charge in [-0.3, -0.25) is 0 Å². The molecule has 7 heteroatoms. The molecule has 1 aromatic rings. The summed E-state index contributed by atoms with van der Waals surface area (Å²) in [5.41, 5.74) is 0.298. The topological polar surface area (TPSA) is 72.2 Å². The van der Waals surface area contributed by atoms with Crippen LogP contribution in [-0.4, -0.2) is 26.3 Å². The second-order valence-corrected chi connectivity index (χ2v) is 6.66. The Hall–Kier alpha value is -1.05. The van der Waals surface area contributed by atoms with Crippen LogP contribution in [0.1, 0.15) is 18.4 Å². The summed E-state index contributed by atoms with van der Waals surface area (Å²) < 4.78 is 48.9. The van der Waals surface area contributed by atoms with Crippen LogP contribution >= 0.6 is 0 Å². The Labute approximate surface area is 111 Å². The van der Waals surface area contributed by atoms with E-state index in [1.54, 1.807) is 0 Å². The van der Waals surface area contributed by atoms with Crippen LogP contribution in [0.4, 0.5) is 8.78 Å². The fourth-order valence-electron chi connectivity index (χ4n) is 2.32. The molecule has 1 aliphatic heterocycles. The van der Waals surface area contributed by atoms with Crippen molar-refractivity contribution in [2.45, 2.75) is 30.6 Å². The lowest BCUT2D eigenvalue weighted by Crippen LogP contribution is -2.47. The number of rotatable bonds is 3. The van der Waals surface area contributed by atoms with Gasteiger partial charge in [-0.25, -0.2) is 22.3 Å². The molecule has 0 bridgehead atoms. The van der Waals surface area contributed by atoms with Crippen molar-refractivity contribution in [3.05, 3.63) is 35.4 Å². The molecule has 3 N–H and O–H groups in total. The van der Waals surface area contributed by atoms with Gasteiger partial charge in [0.1, 0.15) is 0 Å². The molecule has 0 aliphatic carbocycles. The van der Waals surface area contributed by atoms with Crippen molar-refractivity contribution < 1.29 is 17.2 Å². The van der Waals surface area contributed by atoms with Gasteiger partial charge in [0, 0.05) is 12.6 Å². The Balaban J connectivity index is 1.98. The minimum atomic E-state index is -3.53. The zero-order chi connectivity index (χ0) is 14.0. The highest BCUT2D eigenvalue weighted by atomic mass is 32.2. The Morgan fingerprint density at radius 2 is 2.05 bits per heavy atom. The van der Waals surface area contributed by atoms with Crippen LogP contribution in [0.2, 0.25) is 0 Å². The summed E-state index contributed by atoms with van der Waals surface area (Å²) in [7, 11) is -3.53. The second-order valence-electron chi connectivity index (χ2n) is 4.81. The van der Waals surface area contributed by atoms with E-state index in [0.29, 0.717) is 24.8 Å². The Bertz CT molecular complexity index is 555. The van der Waals surface area contributed by atoms with Crippen LogP contribution in [0.5, 0.6) is 0 Å². The van der Waals surface area contributed by atoms with Crippen LogP contribution in [0.3, 0.4) is 0 Å². The van der Waals surface area contributed by atoms with Crippen LogP contribution in [0.25, 0.3) is 0 Å². The summed E-state index contributed by atoms with van der Waals surface area (Å²) in [6.07, 6.45) is 1.34. The lowest BCUT2D eigenvalue weighted by Gasteiger charge is -2.28. The van der Waals surface area contributed by atoms with Gasteiger partial charge in [-0.15, -0.1) is 0 Å². The molecule has 2 rings (SSSR count). The van der Waals surface area contributed by atoms with E-state index in [2.05, 4.69) is 5.32 Å². The summed E-state index contributed by atoms with van der Waals surface area (Å²) >= 11 is 0. The molecule has 4 nitrogen and oxygen atoms in total. The highest BCUT2D eigenvalue weighted by molar-refractivity contribution is 7.89. The fraction of sp³-hybridized carbons (Fsp3) is 0.500. The Morgan fingerprint density at radius 3 is 2.63 bits per heavy atom. The Kier molecular flexibility index (Phi) is 4.17. The third-order valence-corrected chi connectivity index (χ3v) is 4.77. The van der Waals surface area contributed by atoms with E-state index in [-0.39, 0.29) is 12.6 Å². The second kappa shape index (κ2) is 5.52. The standard InChI is InChI=1S/C12H16F2N2O2S/c13-11-3-1-2-8(12(11)14)6-9-4-5-10(7-16-9)19(15,17)18/h1-3,9-10,16H,4-7H2,(H2,15,17,18). The van der Waals surface area contributed by atoms with Crippen molar-refractivity contribution in [3.63, 3.8) is 0 Å². The summed E-state index contributed by atoms with van der Waals surface area (Å²) in [4.78, 5) is 0. The number of halogens is 2. The van der Waals surface area contributed by atoms with Crippen LogP contribution in [-0.2, 0) is 16.4 Å². The van der Waals surface area contributed by atoms with Gasteiger partial charge in [-0.2, -0.15) is 0 Å². The molecule has 1 fully saturated rings. The number of benzene rings is 1. The van der Waals surface area contributed by atoms with E-state index in [1.807, 2.05) is 0 Å². The van der Waals surface area contributed by atoms with Gasteiger partial charge < -0.3 is 5.32 Å². The first-order chi connectivity index (χ1) is 8.88. The SMILES string of the molecule is NS(=O)(=O)C1CCC(Cc2cccc(F)c2F)NC1. The summed E-state index contributed by atoms with van der Waals surface area (Å²) in [6.45, 7) is 0.250. The number of primary sulfonamides is 1. The van der Waals surface area contributed by atoms with Gasteiger partial charge >= 0.3 is 0 Å². The number of nitrogens with two attached hydrogens (primary N) is 1. The number of piperidine rings is 1. The molecule has 0 amide bonds. The third kappa shape index (κ3) is 3.49. The first-order valence-corrected chi connectivity index (χ1v) is 7.66. The lowest BCUT2D eigenvalue weighted by molar-refractivity contribution is 0.389. The number of nitrogens with one attached hydrogen (secondary N) is 1. The first kappa shape index (κ1) is 14.4. The van der Waals surface area contributed by atoms with Crippen molar-refractivity contribution in [2.75, 3.05) is 6.54 Å². The smallest absolute Gasteiger partial charge is 0.213 e. The third-order valence-electron chi connectivity index (χ3n) is 3.43. The van der Waals surface area contributed by atoms with E-state index < -0.39 is 26.9 Å². The van der Waals surface area contributed by atoms with Crippen molar-refractivity contribution >= 4 is 10.0 Å². The van der Waals surface area contributed by atoms with Crippen LogP contribution < -0.4 is 10.5 Å². The van der Waals surface area contributed by atoms with Gasteiger partial charge in [-0.05, 0) is 30.9 Å². The summed E-state index contributed by atoms with van der Waals surface area (Å²) in [5.74, 6) is -1.70. The molecule has 0 spiro atoms. The predicted molar refractivity (Wildman–Crippen MR) is 68.0 cm³/mol. The lowest BCUT2D eigenvalue weighted by atomic mass is 9.97. The van der Waals surface area contributed by atoms with E-state index in [9.17, 15) is 17.2 Å². The average Bonchev–Trinajstić information content (AvgIpc) is 2.35. The van der Waals surface area contributed by atoms with Gasteiger partial charge in [0.15, 0.2) is 11.6 Å². The zero-order valence-electron chi connectivity index (χ0n) is 10.3. The summed E-state index contributed by atoms with van der Waals surface area (Å²) in [5, 5.41) is 7.50. The molecule has 1 heterocycles. The van der Waals surface area contributed by atoms with Crippen molar-refractivity contribution in [3.8, 4) is 0 Å². The van der Waals surface area contributed by atoms with Crippen LogP contribution in [0.15, 0.2) is 18.2 Å². The normalized spacial score (nSPS) is 24.4. The maximum Gasteiger partial charge on any atom is 0.213 e. The van der Waals surface area contributed by atoms with Gasteiger partial charge in [-0.1, -0.05) is 12.1 Å². The molecular weight excluding hydrogens is 274 g/mol.